The molecule has 6 heteroatoms. The van der Waals surface area contributed by atoms with Crippen molar-refractivity contribution in [3.05, 3.63) is 16.3 Å². The summed E-state index contributed by atoms with van der Waals surface area (Å²) in [7, 11) is 0. The number of morpholine rings is 1. The van der Waals surface area contributed by atoms with E-state index in [-0.39, 0.29) is 5.69 Å². The van der Waals surface area contributed by atoms with Crippen molar-refractivity contribution in [3.63, 3.8) is 0 Å². The Labute approximate surface area is 131 Å². The average molecular weight is 306 g/mol. The van der Waals surface area contributed by atoms with Gasteiger partial charge in [-0.2, -0.15) is 9.78 Å². The van der Waals surface area contributed by atoms with Gasteiger partial charge in [-0.05, 0) is 25.7 Å². The summed E-state index contributed by atoms with van der Waals surface area (Å²) in [6, 6.07) is 0.468. The molecule has 0 unspecified atom stereocenters. The molecule has 2 fully saturated rings. The summed E-state index contributed by atoms with van der Waals surface area (Å²) in [4.78, 5) is 15.0. The lowest BCUT2D eigenvalue weighted by molar-refractivity contribution is -0.0996. The summed E-state index contributed by atoms with van der Waals surface area (Å²) in [5.41, 5.74) is 0.0794. The molecule has 1 aromatic heterocycles. The number of aromatic nitrogens is 3. The lowest BCUT2D eigenvalue weighted by atomic mass is 9.90. The van der Waals surface area contributed by atoms with E-state index in [2.05, 4.69) is 10.00 Å². The van der Waals surface area contributed by atoms with Crippen molar-refractivity contribution in [2.75, 3.05) is 13.2 Å². The number of aryl methyl sites for hydroxylation is 1. The van der Waals surface area contributed by atoms with Gasteiger partial charge in [0, 0.05) is 25.6 Å². The molecular formula is C16H26N4O2. The standard InChI is InChI=1S/C16H26N4O2/c21-16-19-9-5-1-2-8-15(19)17-20(16)12-18-10-11-22-14-7-4-3-6-13(14)18/h13-14H,1-12H2/t13-,14+/m0/s1. The number of fused-ring (bicyclic) bond motifs is 2. The summed E-state index contributed by atoms with van der Waals surface area (Å²) < 4.78 is 9.51. The number of nitrogens with zero attached hydrogens (tertiary/aromatic N) is 4. The van der Waals surface area contributed by atoms with Crippen LogP contribution in [0.2, 0.25) is 0 Å². The van der Waals surface area contributed by atoms with E-state index in [0.717, 1.165) is 51.2 Å². The van der Waals surface area contributed by atoms with Gasteiger partial charge in [-0.3, -0.25) is 9.47 Å². The fourth-order valence-corrected chi connectivity index (χ4v) is 4.24. The first-order valence-electron chi connectivity index (χ1n) is 8.85. The Morgan fingerprint density at radius 1 is 1.09 bits per heavy atom. The third-order valence-electron chi connectivity index (χ3n) is 5.44. The molecule has 0 amide bonds. The maximum Gasteiger partial charge on any atom is 0.347 e. The topological polar surface area (TPSA) is 52.3 Å². The van der Waals surface area contributed by atoms with Gasteiger partial charge in [0.05, 0.1) is 19.4 Å². The van der Waals surface area contributed by atoms with Crippen molar-refractivity contribution >= 4 is 0 Å². The Balaban J connectivity index is 1.54. The second kappa shape index (κ2) is 6.16. The van der Waals surface area contributed by atoms with Crippen molar-refractivity contribution in [2.45, 2.75) is 76.7 Å². The minimum atomic E-state index is 0.0794. The van der Waals surface area contributed by atoms with Gasteiger partial charge in [-0.15, -0.1) is 0 Å². The molecule has 4 rings (SSSR count). The molecule has 0 bridgehead atoms. The van der Waals surface area contributed by atoms with Crippen LogP contribution in [-0.4, -0.2) is 44.5 Å². The number of rotatable bonds is 2. The Morgan fingerprint density at radius 3 is 2.95 bits per heavy atom. The maximum absolute atomic E-state index is 12.6. The van der Waals surface area contributed by atoms with E-state index in [1.165, 1.54) is 25.7 Å². The van der Waals surface area contributed by atoms with E-state index in [1.807, 2.05) is 4.57 Å². The van der Waals surface area contributed by atoms with Crippen LogP contribution in [0.25, 0.3) is 0 Å². The number of ether oxygens (including phenoxy) is 1. The van der Waals surface area contributed by atoms with Crippen molar-refractivity contribution < 1.29 is 4.74 Å². The molecule has 6 nitrogen and oxygen atoms in total. The molecule has 0 radical (unpaired) electrons. The Hall–Kier alpha value is -1.14. The van der Waals surface area contributed by atoms with E-state index in [0.29, 0.717) is 18.8 Å². The molecule has 2 atom stereocenters. The highest BCUT2D eigenvalue weighted by molar-refractivity contribution is 4.91. The number of hydrogen-bond acceptors (Lipinski definition) is 4. The molecule has 1 aliphatic carbocycles. The van der Waals surface area contributed by atoms with E-state index in [9.17, 15) is 4.79 Å². The smallest absolute Gasteiger partial charge is 0.347 e. The lowest BCUT2D eigenvalue weighted by Crippen LogP contribution is -2.53. The molecule has 3 aliphatic rings. The minimum absolute atomic E-state index is 0.0794. The van der Waals surface area contributed by atoms with Gasteiger partial charge < -0.3 is 4.74 Å². The fraction of sp³-hybridized carbons (Fsp3) is 0.875. The van der Waals surface area contributed by atoms with Gasteiger partial charge in [-0.25, -0.2) is 4.79 Å². The Morgan fingerprint density at radius 2 is 2.00 bits per heavy atom. The average Bonchev–Trinajstić information content (AvgIpc) is 2.73. The van der Waals surface area contributed by atoms with Crippen LogP contribution in [0.3, 0.4) is 0 Å². The summed E-state index contributed by atoms with van der Waals surface area (Å²) in [5.74, 6) is 0.982. The molecule has 1 aromatic rings. The van der Waals surface area contributed by atoms with Crippen LogP contribution < -0.4 is 5.69 Å². The zero-order chi connectivity index (χ0) is 14.9. The van der Waals surface area contributed by atoms with Crippen LogP contribution in [-0.2, 0) is 24.4 Å². The lowest BCUT2D eigenvalue weighted by Gasteiger charge is -2.43. The first-order chi connectivity index (χ1) is 10.8. The molecule has 1 saturated heterocycles. The van der Waals surface area contributed by atoms with Gasteiger partial charge in [0.2, 0.25) is 0 Å². The highest BCUT2D eigenvalue weighted by Crippen LogP contribution is 2.28. The van der Waals surface area contributed by atoms with Crippen LogP contribution >= 0.6 is 0 Å². The van der Waals surface area contributed by atoms with E-state index >= 15 is 0 Å². The molecule has 0 aromatic carbocycles. The fourth-order valence-electron chi connectivity index (χ4n) is 4.24. The van der Waals surface area contributed by atoms with Crippen LogP contribution in [0.1, 0.15) is 50.8 Å². The first kappa shape index (κ1) is 14.5. The normalized spacial score (nSPS) is 29.6. The van der Waals surface area contributed by atoms with Crippen LogP contribution in [0.4, 0.5) is 0 Å². The van der Waals surface area contributed by atoms with Gasteiger partial charge in [0.1, 0.15) is 5.82 Å². The summed E-state index contributed by atoms with van der Waals surface area (Å²) in [5, 5.41) is 4.63. The molecule has 1 saturated carbocycles. The molecule has 0 spiro atoms. The zero-order valence-corrected chi connectivity index (χ0v) is 13.2. The predicted octanol–water partition coefficient (Wildman–Crippen LogP) is 1.37. The van der Waals surface area contributed by atoms with Gasteiger partial charge in [-0.1, -0.05) is 19.3 Å². The first-order valence-corrected chi connectivity index (χ1v) is 8.85. The van der Waals surface area contributed by atoms with Crippen molar-refractivity contribution in [3.8, 4) is 0 Å². The summed E-state index contributed by atoms with van der Waals surface area (Å²) >= 11 is 0. The maximum atomic E-state index is 12.6. The predicted molar refractivity (Wildman–Crippen MR) is 82.7 cm³/mol. The van der Waals surface area contributed by atoms with Crippen LogP contribution in [0, 0.1) is 0 Å². The second-order valence-electron chi connectivity index (χ2n) is 6.88. The molecule has 3 heterocycles. The number of hydrogen-bond donors (Lipinski definition) is 0. The molecular weight excluding hydrogens is 280 g/mol. The van der Waals surface area contributed by atoms with Crippen molar-refractivity contribution in [1.82, 2.24) is 19.2 Å². The van der Waals surface area contributed by atoms with Crippen molar-refractivity contribution in [2.24, 2.45) is 0 Å². The second-order valence-corrected chi connectivity index (χ2v) is 6.88. The quantitative estimate of drug-likeness (QED) is 0.828. The molecule has 0 N–H and O–H groups in total. The monoisotopic (exact) mass is 306 g/mol. The largest absolute Gasteiger partial charge is 0.375 e. The summed E-state index contributed by atoms with van der Waals surface area (Å²) in [6.45, 7) is 3.16. The SMILES string of the molecule is O=c1n(CN2CCO[C@@H]3CCCC[C@@H]32)nc2n1CCCCC2. The molecule has 2 aliphatic heterocycles. The minimum Gasteiger partial charge on any atom is -0.375 e. The van der Waals surface area contributed by atoms with Gasteiger partial charge >= 0.3 is 5.69 Å². The van der Waals surface area contributed by atoms with Gasteiger partial charge in [0.15, 0.2) is 0 Å². The highest BCUT2D eigenvalue weighted by atomic mass is 16.5. The molecule has 122 valence electrons. The summed E-state index contributed by atoms with van der Waals surface area (Å²) in [6.07, 6.45) is 9.65. The van der Waals surface area contributed by atoms with E-state index < -0.39 is 0 Å². The van der Waals surface area contributed by atoms with Crippen molar-refractivity contribution in [1.29, 1.82) is 0 Å². The molecule has 22 heavy (non-hydrogen) atoms. The zero-order valence-electron chi connectivity index (χ0n) is 13.2. The van der Waals surface area contributed by atoms with Gasteiger partial charge in [0.25, 0.3) is 0 Å². The van der Waals surface area contributed by atoms with E-state index in [1.54, 1.807) is 4.68 Å². The van der Waals surface area contributed by atoms with Crippen LogP contribution in [0.5, 0.6) is 0 Å². The van der Waals surface area contributed by atoms with E-state index in [4.69, 9.17) is 4.74 Å². The third kappa shape index (κ3) is 2.63. The third-order valence-corrected chi connectivity index (χ3v) is 5.44. The highest BCUT2D eigenvalue weighted by Gasteiger charge is 2.34. The Bertz CT molecular complexity index is 577. The Kier molecular flexibility index (Phi) is 4.05. The van der Waals surface area contributed by atoms with Crippen LogP contribution in [0.15, 0.2) is 4.79 Å².